The van der Waals surface area contributed by atoms with Crippen LogP contribution in [0.25, 0.3) is 0 Å². The van der Waals surface area contributed by atoms with Gasteiger partial charge in [-0.05, 0) is 31.5 Å². The minimum atomic E-state index is -0.513. The Balaban J connectivity index is 1.90. The van der Waals surface area contributed by atoms with E-state index in [9.17, 15) is 14.9 Å². The minimum absolute atomic E-state index is 0.100. The average molecular weight is 445 g/mol. The van der Waals surface area contributed by atoms with E-state index < -0.39 is 5.92 Å². The summed E-state index contributed by atoms with van der Waals surface area (Å²) in [5.74, 6) is -0.754. The predicted octanol–water partition coefficient (Wildman–Crippen LogP) is 4.45. The lowest BCUT2D eigenvalue weighted by molar-refractivity contribution is -0.114. The van der Waals surface area contributed by atoms with Crippen molar-refractivity contribution < 1.29 is 9.59 Å². The highest BCUT2D eigenvalue weighted by Crippen LogP contribution is 2.41. The highest BCUT2D eigenvalue weighted by Gasteiger charge is 2.33. The molecule has 1 aromatic heterocycles. The molecule has 1 amide bonds. The van der Waals surface area contributed by atoms with Crippen LogP contribution in [-0.2, 0) is 9.59 Å². The van der Waals surface area contributed by atoms with E-state index >= 15 is 0 Å². The van der Waals surface area contributed by atoms with Crippen LogP contribution in [0.4, 0.5) is 5.13 Å². The quantitative estimate of drug-likeness (QED) is 0.683. The molecule has 1 atom stereocenters. The summed E-state index contributed by atoms with van der Waals surface area (Å²) in [4.78, 5) is 28.6. The van der Waals surface area contributed by atoms with Gasteiger partial charge in [0, 0.05) is 27.9 Å². The molecular formula is C20H17ClN4O2S2. The van der Waals surface area contributed by atoms with Crippen molar-refractivity contribution in [3.63, 3.8) is 0 Å². The first-order chi connectivity index (χ1) is 13.9. The number of nitriles is 1. The number of allylic oxidation sites excluding steroid dienone is 3. The van der Waals surface area contributed by atoms with Gasteiger partial charge in [-0.1, -0.05) is 35.5 Å². The van der Waals surface area contributed by atoms with E-state index in [0.29, 0.717) is 32.0 Å². The van der Waals surface area contributed by atoms with Gasteiger partial charge in [0.05, 0.1) is 28.3 Å². The maximum absolute atomic E-state index is 12.3. The summed E-state index contributed by atoms with van der Waals surface area (Å²) in [5.41, 5.74) is 2.39. The molecule has 29 heavy (non-hydrogen) atoms. The molecule has 0 bridgehead atoms. The van der Waals surface area contributed by atoms with Gasteiger partial charge in [-0.25, -0.2) is 4.98 Å². The summed E-state index contributed by atoms with van der Waals surface area (Å²) in [5, 5.41) is 19.2. The van der Waals surface area contributed by atoms with Crippen molar-refractivity contribution >= 4 is 51.5 Å². The van der Waals surface area contributed by atoms with E-state index in [2.05, 4.69) is 21.7 Å². The molecular weight excluding hydrogens is 428 g/mol. The van der Waals surface area contributed by atoms with Gasteiger partial charge in [0.1, 0.15) is 0 Å². The lowest BCUT2D eigenvalue weighted by Gasteiger charge is -2.29. The monoisotopic (exact) mass is 444 g/mol. The first-order valence-corrected chi connectivity index (χ1v) is 10.9. The van der Waals surface area contributed by atoms with E-state index in [1.165, 1.54) is 30.0 Å². The number of carbonyl (C=O) groups is 2. The Morgan fingerprint density at radius 2 is 2.10 bits per heavy atom. The molecule has 0 aliphatic carbocycles. The zero-order chi connectivity index (χ0) is 21.0. The van der Waals surface area contributed by atoms with Crippen LogP contribution in [-0.4, -0.2) is 22.4 Å². The average Bonchev–Trinajstić information content (AvgIpc) is 3.19. The Kier molecular flexibility index (Phi) is 6.75. The normalized spacial score (nSPS) is 16.3. The molecule has 0 unspecified atom stereocenters. The van der Waals surface area contributed by atoms with Gasteiger partial charge >= 0.3 is 0 Å². The number of hydrogen-bond donors (Lipinski definition) is 2. The van der Waals surface area contributed by atoms with E-state index in [1.54, 1.807) is 30.6 Å². The van der Waals surface area contributed by atoms with E-state index in [-0.39, 0.29) is 17.4 Å². The molecule has 0 saturated carbocycles. The highest BCUT2D eigenvalue weighted by atomic mass is 35.5. The molecule has 148 valence electrons. The molecule has 6 nitrogen and oxygen atoms in total. The molecule has 1 aliphatic rings. The number of nitrogens with one attached hydrogen (secondary N) is 2. The number of nitrogens with zero attached hydrogens (tertiary/aromatic N) is 2. The smallest absolute Gasteiger partial charge is 0.236 e. The molecule has 2 aromatic rings. The first-order valence-electron chi connectivity index (χ1n) is 8.61. The number of amides is 1. The maximum Gasteiger partial charge on any atom is 0.236 e. The van der Waals surface area contributed by atoms with E-state index in [0.717, 1.165) is 5.56 Å². The summed E-state index contributed by atoms with van der Waals surface area (Å²) < 4.78 is 0. The molecule has 2 heterocycles. The van der Waals surface area contributed by atoms with Crippen molar-refractivity contribution in [2.45, 2.75) is 19.8 Å². The van der Waals surface area contributed by atoms with Crippen LogP contribution in [0, 0.1) is 11.3 Å². The first kappa shape index (κ1) is 21.1. The number of halogens is 1. The molecule has 2 N–H and O–H groups in total. The largest absolute Gasteiger partial charge is 0.353 e. The second kappa shape index (κ2) is 9.27. The van der Waals surface area contributed by atoms with Gasteiger partial charge < -0.3 is 10.6 Å². The highest BCUT2D eigenvalue weighted by molar-refractivity contribution is 8.03. The fourth-order valence-electron chi connectivity index (χ4n) is 3.06. The zero-order valence-corrected chi connectivity index (χ0v) is 18.0. The van der Waals surface area contributed by atoms with Gasteiger partial charge in [-0.3, -0.25) is 9.59 Å². The molecule has 1 aliphatic heterocycles. The molecule has 9 heteroatoms. The zero-order valence-electron chi connectivity index (χ0n) is 15.7. The molecule has 0 saturated heterocycles. The summed E-state index contributed by atoms with van der Waals surface area (Å²) >= 11 is 8.55. The number of carbonyl (C=O) groups excluding carboxylic acids is 2. The Morgan fingerprint density at radius 3 is 2.69 bits per heavy atom. The summed E-state index contributed by atoms with van der Waals surface area (Å²) in [6.45, 7) is 3.28. The number of thioether (sulfide) groups is 1. The van der Waals surface area contributed by atoms with Crippen LogP contribution in [0.5, 0.6) is 0 Å². The molecule has 0 radical (unpaired) electrons. The van der Waals surface area contributed by atoms with Crippen LogP contribution < -0.4 is 10.6 Å². The summed E-state index contributed by atoms with van der Waals surface area (Å²) in [6, 6.07) is 9.31. The number of ketones is 1. The third kappa shape index (κ3) is 4.88. The number of hydrogen-bond acceptors (Lipinski definition) is 7. The number of anilines is 1. The van der Waals surface area contributed by atoms with Crippen molar-refractivity contribution in [1.82, 2.24) is 10.3 Å². The van der Waals surface area contributed by atoms with Gasteiger partial charge in [0.2, 0.25) is 5.91 Å². The standard InChI is InChI=1S/C20H17ClN4O2S2/c1-11-17(12(2)26)18(13-3-5-14(21)6-4-13)15(9-22)19(24-11)29-10-16(27)25-20-23-7-8-28-20/h3-8,18,24H,10H2,1-2H3,(H,23,25,27)/t18-/m0/s1. The SMILES string of the molecule is CC(=O)C1=C(C)NC(SCC(=O)Nc2nccs2)=C(C#N)[C@@H]1c1ccc(Cl)cc1. The number of thiazole rings is 1. The molecule has 3 rings (SSSR count). The van der Waals surface area contributed by atoms with Crippen LogP contribution in [0.3, 0.4) is 0 Å². The summed E-state index contributed by atoms with van der Waals surface area (Å²) in [6.07, 6.45) is 1.61. The van der Waals surface area contributed by atoms with Gasteiger partial charge in [0.15, 0.2) is 10.9 Å². The van der Waals surface area contributed by atoms with Gasteiger partial charge in [-0.15, -0.1) is 11.3 Å². The van der Waals surface area contributed by atoms with E-state index in [1.807, 2.05) is 12.1 Å². The fraction of sp³-hybridized carbons (Fsp3) is 0.200. The lowest BCUT2D eigenvalue weighted by Crippen LogP contribution is -2.27. The lowest BCUT2D eigenvalue weighted by atomic mass is 9.81. The number of dihydropyridines is 1. The third-order valence-electron chi connectivity index (χ3n) is 4.26. The van der Waals surface area contributed by atoms with E-state index in [4.69, 9.17) is 11.6 Å². The van der Waals surface area contributed by atoms with Crippen LogP contribution in [0.15, 0.2) is 57.7 Å². The van der Waals surface area contributed by atoms with Crippen molar-refractivity contribution in [2.75, 3.05) is 11.1 Å². The Bertz CT molecular complexity index is 1040. The third-order valence-corrected chi connectivity index (χ3v) is 6.21. The minimum Gasteiger partial charge on any atom is -0.353 e. The van der Waals surface area contributed by atoms with Crippen LogP contribution in [0.1, 0.15) is 25.3 Å². The Morgan fingerprint density at radius 1 is 1.38 bits per heavy atom. The fourth-order valence-corrected chi connectivity index (χ4v) is 4.62. The number of Topliss-reactive ketones (excluding diaryl/α,β-unsaturated/α-hetero) is 1. The van der Waals surface area contributed by atoms with Crippen molar-refractivity contribution in [1.29, 1.82) is 5.26 Å². The van der Waals surface area contributed by atoms with Crippen molar-refractivity contribution in [2.24, 2.45) is 0 Å². The van der Waals surface area contributed by atoms with Crippen LogP contribution in [0.2, 0.25) is 5.02 Å². The predicted molar refractivity (Wildman–Crippen MR) is 117 cm³/mol. The van der Waals surface area contributed by atoms with Crippen molar-refractivity contribution in [3.8, 4) is 6.07 Å². The molecule has 0 fully saturated rings. The van der Waals surface area contributed by atoms with Gasteiger partial charge in [-0.2, -0.15) is 5.26 Å². The van der Waals surface area contributed by atoms with Gasteiger partial charge in [0.25, 0.3) is 0 Å². The van der Waals surface area contributed by atoms with Crippen molar-refractivity contribution in [3.05, 3.63) is 68.3 Å². The maximum atomic E-state index is 12.3. The second-order valence-corrected chi connectivity index (χ2v) is 8.55. The number of benzene rings is 1. The number of aromatic nitrogens is 1. The topological polar surface area (TPSA) is 94.9 Å². The summed E-state index contributed by atoms with van der Waals surface area (Å²) in [7, 11) is 0. The second-order valence-electron chi connectivity index (χ2n) is 6.23. The van der Waals surface area contributed by atoms with Crippen LogP contribution >= 0.6 is 34.7 Å². The Hall–Kier alpha value is -2.60. The number of rotatable bonds is 6. The molecule has 0 spiro atoms. The Labute approximate surface area is 181 Å². The molecule has 1 aromatic carbocycles.